The first-order valence-electron chi connectivity index (χ1n) is 6.83. The zero-order chi connectivity index (χ0) is 13.4. The maximum absolute atomic E-state index is 12.3. The topological polar surface area (TPSA) is 62.5 Å². The van der Waals surface area contributed by atoms with Crippen molar-refractivity contribution in [3.63, 3.8) is 0 Å². The van der Waals surface area contributed by atoms with Crippen molar-refractivity contribution in [2.24, 2.45) is 0 Å². The molecule has 0 spiro atoms. The number of likely N-dealkylation sites (tertiary alicyclic amines) is 1. The van der Waals surface area contributed by atoms with Gasteiger partial charge in [-0.15, -0.1) is 11.3 Å². The first kappa shape index (κ1) is 12.9. The van der Waals surface area contributed by atoms with Crippen molar-refractivity contribution >= 4 is 22.4 Å². The van der Waals surface area contributed by atoms with Crippen LogP contribution in [0.1, 0.15) is 25.0 Å². The van der Waals surface area contributed by atoms with Crippen LogP contribution < -0.4 is 5.73 Å². The van der Waals surface area contributed by atoms with Crippen LogP contribution in [0.3, 0.4) is 0 Å². The highest BCUT2D eigenvalue weighted by Crippen LogP contribution is 2.28. The minimum absolute atomic E-state index is 0.186. The summed E-state index contributed by atoms with van der Waals surface area (Å²) in [4.78, 5) is 21.0. The molecule has 2 aliphatic heterocycles. The zero-order valence-corrected chi connectivity index (χ0v) is 12.0. The molecule has 104 valence electrons. The van der Waals surface area contributed by atoms with Crippen molar-refractivity contribution in [3.05, 3.63) is 11.1 Å². The summed E-state index contributed by atoms with van der Waals surface area (Å²) in [5.41, 5.74) is 6.40. The van der Waals surface area contributed by atoms with Crippen molar-refractivity contribution < 1.29 is 4.79 Å². The minimum atomic E-state index is 0.186. The van der Waals surface area contributed by atoms with E-state index in [1.54, 1.807) is 0 Å². The van der Waals surface area contributed by atoms with Crippen molar-refractivity contribution in [1.82, 2.24) is 14.8 Å². The van der Waals surface area contributed by atoms with Gasteiger partial charge in [-0.25, -0.2) is 4.98 Å². The third-order valence-corrected chi connectivity index (χ3v) is 5.13. The van der Waals surface area contributed by atoms with Crippen molar-refractivity contribution in [1.29, 1.82) is 0 Å². The van der Waals surface area contributed by atoms with Gasteiger partial charge >= 0.3 is 0 Å². The Labute approximate surface area is 117 Å². The molecule has 1 amide bonds. The van der Waals surface area contributed by atoms with Gasteiger partial charge in [-0.1, -0.05) is 0 Å². The predicted molar refractivity (Wildman–Crippen MR) is 76.0 cm³/mol. The van der Waals surface area contributed by atoms with Crippen LogP contribution in [-0.2, 0) is 11.2 Å². The Bertz CT molecular complexity index is 475. The predicted octanol–water partition coefficient (Wildman–Crippen LogP) is 0.963. The van der Waals surface area contributed by atoms with E-state index in [9.17, 15) is 4.79 Å². The highest BCUT2D eigenvalue weighted by Gasteiger charge is 2.35. The van der Waals surface area contributed by atoms with Crippen LogP contribution in [0.2, 0.25) is 0 Å². The molecule has 2 fully saturated rings. The number of hydrogen-bond acceptors (Lipinski definition) is 5. The Kier molecular flexibility index (Phi) is 3.45. The number of aromatic nitrogens is 1. The van der Waals surface area contributed by atoms with Gasteiger partial charge in [0.05, 0.1) is 12.1 Å². The Morgan fingerprint density at radius 3 is 3.00 bits per heavy atom. The summed E-state index contributed by atoms with van der Waals surface area (Å²) >= 11 is 1.40. The average Bonchev–Trinajstić information content (AvgIpc) is 2.84. The van der Waals surface area contributed by atoms with Crippen LogP contribution in [0.15, 0.2) is 5.38 Å². The van der Waals surface area contributed by atoms with Gasteiger partial charge in [-0.2, -0.15) is 0 Å². The maximum Gasteiger partial charge on any atom is 0.228 e. The van der Waals surface area contributed by atoms with Gasteiger partial charge in [0.1, 0.15) is 0 Å². The molecule has 5 nitrogen and oxygen atoms in total. The molecule has 1 aromatic rings. The fourth-order valence-corrected chi connectivity index (χ4v) is 3.77. The van der Waals surface area contributed by atoms with E-state index in [-0.39, 0.29) is 5.91 Å². The lowest BCUT2D eigenvalue weighted by Gasteiger charge is -2.25. The zero-order valence-electron chi connectivity index (χ0n) is 11.2. The molecule has 1 aromatic heterocycles. The van der Waals surface area contributed by atoms with Crippen molar-refractivity contribution in [3.8, 4) is 0 Å². The molecule has 0 radical (unpaired) electrons. The Morgan fingerprint density at radius 1 is 1.47 bits per heavy atom. The number of likely N-dealkylation sites (N-methyl/N-ethyl adjacent to an activating group) is 1. The number of hydrogen-bond donors (Lipinski definition) is 1. The number of anilines is 1. The van der Waals surface area contributed by atoms with Crippen molar-refractivity contribution in [2.45, 2.75) is 37.8 Å². The van der Waals surface area contributed by atoms with E-state index in [0.717, 1.165) is 25.2 Å². The molecule has 2 aliphatic rings. The number of carbonyl (C=O) groups excluding carboxylic acids is 1. The molecular weight excluding hydrogens is 260 g/mol. The molecule has 2 N–H and O–H groups in total. The quantitative estimate of drug-likeness (QED) is 0.876. The second kappa shape index (κ2) is 5.09. The van der Waals surface area contributed by atoms with Crippen molar-refractivity contribution in [2.75, 3.05) is 25.9 Å². The number of rotatable bonds is 2. The highest BCUT2D eigenvalue weighted by molar-refractivity contribution is 7.13. The first-order chi connectivity index (χ1) is 9.13. The SMILES string of the molecule is CN1C2CCC1CN(C(=O)Cc1csc(N)n1)CC2. The van der Waals surface area contributed by atoms with E-state index in [1.807, 2.05) is 10.3 Å². The lowest BCUT2D eigenvalue weighted by Crippen LogP contribution is -2.40. The fraction of sp³-hybridized carbons (Fsp3) is 0.692. The highest BCUT2D eigenvalue weighted by atomic mass is 32.1. The number of nitrogens with two attached hydrogens (primary N) is 1. The van der Waals surface area contributed by atoms with Gasteiger partial charge in [0.25, 0.3) is 0 Å². The average molecular weight is 280 g/mol. The molecule has 2 unspecified atom stereocenters. The summed E-state index contributed by atoms with van der Waals surface area (Å²) in [5, 5.41) is 2.42. The summed E-state index contributed by atoms with van der Waals surface area (Å²) in [6.07, 6.45) is 3.98. The van der Waals surface area contributed by atoms with E-state index in [0.29, 0.717) is 23.6 Å². The molecule has 2 saturated heterocycles. The number of nitrogen functional groups attached to an aromatic ring is 1. The molecule has 19 heavy (non-hydrogen) atoms. The monoisotopic (exact) mass is 280 g/mol. The Balaban J connectivity index is 1.64. The molecule has 3 heterocycles. The molecule has 3 rings (SSSR count). The fourth-order valence-electron chi connectivity index (χ4n) is 3.21. The lowest BCUT2D eigenvalue weighted by molar-refractivity contribution is -0.130. The van der Waals surface area contributed by atoms with E-state index < -0.39 is 0 Å². The van der Waals surface area contributed by atoms with Crippen LogP contribution in [-0.4, -0.2) is 52.9 Å². The second-order valence-electron chi connectivity index (χ2n) is 5.53. The largest absolute Gasteiger partial charge is 0.375 e. The summed E-state index contributed by atoms with van der Waals surface area (Å²) in [6.45, 7) is 1.75. The summed E-state index contributed by atoms with van der Waals surface area (Å²) in [5.74, 6) is 0.186. The molecular formula is C13H20N4OS. The molecule has 0 aliphatic carbocycles. The van der Waals surface area contributed by atoms with E-state index in [4.69, 9.17) is 5.73 Å². The molecule has 0 saturated carbocycles. The van der Waals surface area contributed by atoms with Gasteiger partial charge in [-0.05, 0) is 26.3 Å². The second-order valence-corrected chi connectivity index (χ2v) is 6.42. The van der Waals surface area contributed by atoms with Crippen LogP contribution in [0.4, 0.5) is 5.13 Å². The van der Waals surface area contributed by atoms with Crippen LogP contribution in [0, 0.1) is 0 Å². The van der Waals surface area contributed by atoms with Gasteiger partial charge in [0.15, 0.2) is 5.13 Å². The lowest BCUT2D eigenvalue weighted by atomic mass is 10.1. The number of fused-ring (bicyclic) bond motifs is 2. The first-order valence-corrected chi connectivity index (χ1v) is 7.71. The van der Waals surface area contributed by atoms with Crippen LogP contribution >= 0.6 is 11.3 Å². The smallest absolute Gasteiger partial charge is 0.228 e. The molecule has 0 aromatic carbocycles. The third kappa shape index (κ3) is 2.60. The third-order valence-electron chi connectivity index (χ3n) is 4.40. The molecule has 2 bridgehead atoms. The minimum Gasteiger partial charge on any atom is -0.375 e. The molecule has 2 atom stereocenters. The summed E-state index contributed by atoms with van der Waals surface area (Å²) in [7, 11) is 2.19. The molecule has 6 heteroatoms. The normalized spacial score (nSPS) is 27.5. The van der Waals surface area contributed by atoms with E-state index in [2.05, 4.69) is 16.9 Å². The van der Waals surface area contributed by atoms with E-state index >= 15 is 0 Å². The van der Waals surface area contributed by atoms with E-state index in [1.165, 1.54) is 24.2 Å². The van der Waals surface area contributed by atoms with Crippen LogP contribution in [0.5, 0.6) is 0 Å². The van der Waals surface area contributed by atoms with Gasteiger partial charge in [0.2, 0.25) is 5.91 Å². The summed E-state index contributed by atoms with van der Waals surface area (Å²) < 4.78 is 0. The maximum atomic E-state index is 12.3. The van der Waals surface area contributed by atoms with Gasteiger partial charge in [0, 0.05) is 30.6 Å². The number of nitrogens with zero attached hydrogens (tertiary/aromatic N) is 3. The van der Waals surface area contributed by atoms with Gasteiger partial charge < -0.3 is 10.6 Å². The van der Waals surface area contributed by atoms with Gasteiger partial charge in [-0.3, -0.25) is 9.69 Å². The standard InChI is InChI=1S/C13H20N4OS/c1-16-10-2-3-11(16)7-17(5-4-10)12(18)6-9-8-19-13(14)15-9/h8,10-11H,2-7H2,1H3,(H2,14,15). The Hall–Kier alpha value is -1.14. The number of thiazole rings is 1. The van der Waals surface area contributed by atoms with Crippen LogP contribution in [0.25, 0.3) is 0 Å². The number of amides is 1. The Morgan fingerprint density at radius 2 is 2.26 bits per heavy atom. The summed E-state index contributed by atoms with van der Waals surface area (Å²) in [6, 6.07) is 1.20. The number of carbonyl (C=O) groups is 1.